The van der Waals surface area contributed by atoms with E-state index in [9.17, 15) is 22.4 Å². The lowest BCUT2D eigenvalue weighted by atomic mass is 10.3. The SMILES string of the molecule is COc1ccc(S(=O)(=O)NCCC(=O)NNC(=O)CSc2ccccc2F)cc1. The average Bonchev–Trinajstić information content (AvgIpc) is 2.71. The Morgan fingerprint density at radius 3 is 2.34 bits per heavy atom. The Balaban J connectivity index is 1.69. The highest BCUT2D eigenvalue weighted by atomic mass is 32.2. The van der Waals surface area contributed by atoms with E-state index < -0.39 is 27.7 Å². The van der Waals surface area contributed by atoms with Crippen molar-refractivity contribution < 1.29 is 27.1 Å². The van der Waals surface area contributed by atoms with Crippen molar-refractivity contribution >= 4 is 33.6 Å². The molecule has 0 aromatic heterocycles. The second kappa shape index (κ2) is 10.8. The number of hydrogen-bond acceptors (Lipinski definition) is 6. The molecule has 0 saturated heterocycles. The van der Waals surface area contributed by atoms with E-state index in [-0.39, 0.29) is 23.6 Å². The van der Waals surface area contributed by atoms with Gasteiger partial charge in [-0.15, -0.1) is 11.8 Å². The van der Waals surface area contributed by atoms with Crippen LogP contribution in [0.25, 0.3) is 0 Å². The van der Waals surface area contributed by atoms with Gasteiger partial charge in [-0.2, -0.15) is 0 Å². The van der Waals surface area contributed by atoms with Gasteiger partial charge in [0.1, 0.15) is 11.6 Å². The molecule has 3 N–H and O–H groups in total. The normalized spacial score (nSPS) is 11.0. The van der Waals surface area contributed by atoms with Gasteiger partial charge in [0.15, 0.2) is 0 Å². The van der Waals surface area contributed by atoms with Crippen molar-refractivity contribution in [2.24, 2.45) is 0 Å². The van der Waals surface area contributed by atoms with Crippen LogP contribution in [0, 0.1) is 5.82 Å². The Hall–Kier alpha value is -2.63. The molecule has 0 aliphatic rings. The maximum Gasteiger partial charge on any atom is 0.248 e. The van der Waals surface area contributed by atoms with Gasteiger partial charge in [0.25, 0.3) is 0 Å². The molecule has 2 aromatic carbocycles. The molecule has 156 valence electrons. The Morgan fingerprint density at radius 2 is 1.69 bits per heavy atom. The van der Waals surface area contributed by atoms with Gasteiger partial charge in [-0.3, -0.25) is 20.4 Å². The smallest absolute Gasteiger partial charge is 0.248 e. The van der Waals surface area contributed by atoms with Crippen LogP contribution < -0.4 is 20.3 Å². The highest BCUT2D eigenvalue weighted by molar-refractivity contribution is 8.00. The lowest BCUT2D eigenvalue weighted by molar-refractivity contribution is -0.127. The number of rotatable bonds is 9. The first kappa shape index (κ1) is 22.7. The van der Waals surface area contributed by atoms with Crippen LogP contribution in [0.3, 0.4) is 0 Å². The Labute approximate surface area is 172 Å². The van der Waals surface area contributed by atoms with Crippen LogP contribution in [-0.4, -0.2) is 39.6 Å². The number of halogens is 1. The van der Waals surface area contributed by atoms with Crippen LogP contribution in [-0.2, 0) is 19.6 Å². The number of thioether (sulfide) groups is 1. The van der Waals surface area contributed by atoms with E-state index in [0.717, 1.165) is 11.8 Å². The number of amides is 2. The lowest BCUT2D eigenvalue weighted by Crippen LogP contribution is -2.43. The molecule has 8 nitrogen and oxygen atoms in total. The van der Waals surface area contributed by atoms with E-state index in [2.05, 4.69) is 15.6 Å². The van der Waals surface area contributed by atoms with Crippen molar-refractivity contribution in [3.63, 3.8) is 0 Å². The predicted octanol–water partition coefficient (Wildman–Crippen LogP) is 1.44. The third kappa shape index (κ3) is 7.37. The van der Waals surface area contributed by atoms with Gasteiger partial charge in [0.05, 0.1) is 17.8 Å². The second-order valence-corrected chi connectivity index (χ2v) is 8.42. The van der Waals surface area contributed by atoms with E-state index in [1.54, 1.807) is 18.2 Å². The van der Waals surface area contributed by atoms with Crippen molar-refractivity contribution in [2.75, 3.05) is 19.4 Å². The predicted molar refractivity (Wildman–Crippen MR) is 106 cm³/mol. The van der Waals surface area contributed by atoms with Crippen LogP contribution in [0.4, 0.5) is 4.39 Å². The average molecular weight is 442 g/mol. The maximum atomic E-state index is 13.5. The highest BCUT2D eigenvalue weighted by Gasteiger charge is 2.14. The van der Waals surface area contributed by atoms with Gasteiger partial charge >= 0.3 is 0 Å². The van der Waals surface area contributed by atoms with Gasteiger partial charge in [-0.25, -0.2) is 17.5 Å². The second-order valence-electron chi connectivity index (χ2n) is 5.64. The first-order chi connectivity index (χ1) is 13.8. The van der Waals surface area contributed by atoms with Gasteiger partial charge in [0.2, 0.25) is 21.8 Å². The Kier molecular flexibility index (Phi) is 8.43. The number of carbonyl (C=O) groups excluding carboxylic acids is 2. The number of benzene rings is 2. The summed E-state index contributed by atoms with van der Waals surface area (Å²) in [6.45, 7) is -0.153. The van der Waals surface area contributed by atoms with Gasteiger partial charge < -0.3 is 4.74 Å². The molecule has 0 aliphatic heterocycles. The monoisotopic (exact) mass is 441 g/mol. The molecule has 0 radical (unpaired) electrons. The summed E-state index contributed by atoms with van der Waals surface area (Å²) in [4.78, 5) is 23.8. The molecule has 2 amide bonds. The fourth-order valence-electron chi connectivity index (χ4n) is 2.08. The molecule has 0 unspecified atom stereocenters. The number of nitrogens with one attached hydrogen (secondary N) is 3. The molecule has 0 spiro atoms. The largest absolute Gasteiger partial charge is 0.497 e. The van der Waals surface area contributed by atoms with E-state index in [1.165, 1.54) is 37.4 Å². The minimum Gasteiger partial charge on any atom is -0.497 e. The molecular formula is C18H20FN3O5S2. The van der Waals surface area contributed by atoms with Crippen LogP contribution in [0.1, 0.15) is 6.42 Å². The molecule has 0 bridgehead atoms. The van der Waals surface area contributed by atoms with Crippen LogP contribution in [0.15, 0.2) is 58.3 Å². The van der Waals surface area contributed by atoms with Crippen molar-refractivity contribution in [3.05, 3.63) is 54.3 Å². The lowest BCUT2D eigenvalue weighted by Gasteiger charge is -2.09. The number of methoxy groups -OCH3 is 1. The Bertz CT molecular complexity index is 952. The summed E-state index contributed by atoms with van der Waals surface area (Å²) in [6.07, 6.45) is -0.184. The van der Waals surface area contributed by atoms with E-state index in [0.29, 0.717) is 10.6 Å². The van der Waals surface area contributed by atoms with E-state index >= 15 is 0 Å². The highest BCUT2D eigenvalue weighted by Crippen LogP contribution is 2.20. The number of hydrazine groups is 1. The minimum absolute atomic E-state index is 0.0391. The maximum absolute atomic E-state index is 13.5. The first-order valence-corrected chi connectivity index (χ1v) is 10.9. The fraction of sp³-hybridized carbons (Fsp3) is 0.222. The number of hydrogen-bond donors (Lipinski definition) is 3. The van der Waals surface area contributed by atoms with Gasteiger partial charge in [-0.1, -0.05) is 12.1 Å². The van der Waals surface area contributed by atoms with Crippen molar-refractivity contribution in [2.45, 2.75) is 16.2 Å². The van der Waals surface area contributed by atoms with Crippen LogP contribution in [0.5, 0.6) is 5.75 Å². The number of carbonyl (C=O) groups is 2. The summed E-state index contributed by atoms with van der Waals surface area (Å²) in [5.41, 5.74) is 4.37. The summed E-state index contributed by atoms with van der Waals surface area (Å²) in [6, 6.07) is 11.8. The van der Waals surface area contributed by atoms with Crippen molar-refractivity contribution in [3.8, 4) is 5.75 Å². The van der Waals surface area contributed by atoms with Gasteiger partial charge in [-0.05, 0) is 36.4 Å². The first-order valence-electron chi connectivity index (χ1n) is 8.40. The fourth-order valence-corrected chi connectivity index (χ4v) is 3.85. The summed E-state index contributed by atoms with van der Waals surface area (Å²) >= 11 is 0.989. The third-order valence-electron chi connectivity index (χ3n) is 3.55. The molecule has 0 atom stereocenters. The molecular weight excluding hydrogens is 421 g/mol. The summed E-state index contributed by atoms with van der Waals surface area (Å²) in [7, 11) is -2.30. The Morgan fingerprint density at radius 1 is 1.03 bits per heavy atom. The standard InChI is InChI=1S/C18H20FN3O5S2/c1-27-13-6-8-14(9-7-13)29(25,26)20-11-10-17(23)21-22-18(24)12-28-16-5-3-2-4-15(16)19/h2-9,20H,10-12H2,1H3,(H,21,23)(H,22,24). The molecule has 11 heteroatoms. The van der Waals surface area contributed by atoms with E-state index in [1.807, 2.05) is 0 Å². The summed E-state index contributed by atoms with van der Waals surface area (Å²) in [5, 5.41) is 0. The number of sulfonamides is 1. The van der Waals surface area contributed by atoms with Crippen LogP contribution >= 0.6 is 11.8 Å². The quantitative estimate of drug-likeness (QED) is 0.401. The minimum atomic E-state index is -3.77. The molecule has 0 aliphatic carbocycles. The van der Waals surface area contributed by atoms with Crippen LogP contribution in [0.2, 0.25) is 0 Å². The number of ether oxygens (including phenoxy) is 1. The van der Waals surface area contributed by atoms with E-state index in [4.69, 9.17) is 4.74 Å². The zero-order valence-electron chi connectivity index (χ0n) is 15.5. The van der Waals surface area contributed by atoms with Crippen molar-refractivity contribution in [1.29, 1.82) is 0 Å². The molecule has 2 aromatic rings. The molecule has 2 rings (SSSR count). The topological polar surface area (TPSA) is 114 Å². The van der Waals surface area contributed by atoms with Gasteiger partial charge in [0, 0.05) is 17.9 Å². The summed E-state index contributed by atoms with van der Waals surface area (Å²) in [5.74, 6) is -1.10. The third-order valence-corrected chi connectivity index (χ3v) is 6.08. The zero-order chi connectivity index (χ0) is 21.3. The molecule has 0 fully saturated rings. The summed E-state index contributed by atoms with van der Waals surface area (Å²) < 4.78 is 45.0. The molecule has 29 heavy (non-hydrogen) atoms. The molecule has 0 heterocycles. The van der Waals surface area contributed by atoms with Crippen molar-refractivity contribution in [1.82, 2.24) is 15.6 Å². The zero-order valence-corrected chi connectivity index (χ0v) is 17.1. The molecule has 0 saturated carbocycles.